The molecule has 228 valence electrons. The quantitative estimate of drug-likeness (QED) is 0.260. The summed E-state index contributed by atoms with van der Waals surface area (Å²) in [5.41, 5.74) is 3.52. The second kappa shape index (κ2) is 11.4. The Morgan fingerprint density at radius 2 is 1.26 bits per heavy atom. The highest BCUT2D eigenvalue weighted by Gasteiger charge is 2.37. The lowest BCUT2D eigenvalue weighted by molar-refractivity contribution is -0.300. The Morgan fingerprint density at radius 3 is 1.67 bits per heavy atom. The van der Waals surface area contributed by atoms with Crippen molar-refractivity contribution in [1.82, 2.24) is 0 Å². The maximum Gasteiger partial charge on any atom is 0.335 e. The van der Waals surface area contributed by atoms with Crippen molar-refractivity contribution in [3.63, 3.8) is 0 Å². The molecule has 2 aliphatic rings. The minimum Gasteiger partial charge on any atom is -0.871 e. The lowest BCUT2D eigenvalue weighted by atomic mass is 9.78. The van der Waals surface area contributed by atoms with Crippen molar-refractivity contribution >= 4 is 23.1 Å². The molecule has 0 radical (unpaired) electrons. The zero-order chi connectivity index (χ0) is 32.1. The zero-order valence-corrected chi connectivity index (χ0v) is 28.9. The number of ketones is 1. The summed E-state index contributed by atoms with van der Waals surface area (Å²) in [5, 5.41) is 13.9. The smallest absolute Gasteiger partial charge is 0.335 e. The molecule has 1 aliphatic heterocycles. The Hall–Kier alpha value is -3.11. The third-order valence-corrected chi connectivity index (χ3v) is 9.59. The molecule has 0 saturated carbocycles. The standard InChI is InChI=1S/C39H48O3S/c1-36(2,3)29-22-26(23-30(42-29)37(4,5)6)27(18-24-16-14-13-15-17-24)33-34(40)28(35(33)41)19-25-20-31(38(7,8)9)43-32(21-25)39(10,11)12/h13-17,19-23H,18H2,1-12H3. The average Bonchev–Trinajstić information content (AvgIpc) is 2.89. The van der Waals surface area contributed by atoms with E-state index in [0.717, 1.165) is 33.8 Å². The van der Waals surface area contributed by atoms with E-state index in [0.29, 0.717) is 6.42 Å². The Morgan fingerprint density at radius 1 is 0.767 bits per heavy atom. The number of allylic oxidation sites excluding steroid dienone is 9. The summed E-state index contributed by atoms with van der Waals surface area (Å²) in [6, 6.07) is 14.1. The van der Waals surface area contributed by atoms with Crippen LogP contribution in [-0.4, -0.2) is 5.78 Å². The molecule has 0 bridgehead atoms. The summed E-state index contributed by atoms with van der Waals surface area (Å²) in [6.07, 6.45) is 6.54. The van der Waals surface area contributed by atoms with E-state index in [9.17, 15) is 9.90 Å². The number of benzene rings is 1. The van der Waals surface area contributed by atoms with Crippen LogP contribution in [0.1, 0.15) is 106 Å². The van der Waals surface area contributed by atoms with Crippen LogP contribution in [0.2, 0.25) is 0 Å². The van der Waals surface area contributed by atoms with Crippen molar-refractivity contribution in [3.8, 4) is 0 Å². The van der Waals surface area contributed by atoms with E-state index in [1.165, 1.54) is 9.81 Å². The molecule has 1 aromatic carbocycles. The molecule has 0 saturated heterocycles. The highest BCUT2D eigenvalue weighted by Crippen LogP contribution is 2.49. The van der Waals surface area contributed by atoms with Gasteiger partial charge in [-0.25, -0.2) is 4.42 Å². The van der Waals surface area contributed by atoms with Crippen LogP contribution < -0.4 is 5.11 Å². The number of carbonyl (C=O) groups excluding carboxylic acids is 1. The summed E-state index contributed by atoms with van der Waals surface area (Å²) in [4.78, 5) is 16.4. The van der Waals surface area contributed by atoms with Gasteiger partial charge in [0.2, 0.25) is 0 Å². The van der Waals surface area contributed by atoms with Crippen molar-refractivity contribution in [1.29, 1.82) is 0 Å². The molecule has 0 unspecified atom stereocenters. The van der Waals surface area contributed by atoms with Crippen molar-refractivity contribution in [2.75, 3.05) is 0 Å². The molecule has 0 amide bonds. The van der Waals surface area contributed by atoms with Crippen LogP contribution in [0.3, 0.4) is 0 Å². The number of Topliss-reactive ketones (excluding diaryl/α,β-unsaturated/α-hetero) is 1. The molecule has 0 fully saturated rings. The van der Waals surface area contributed by atoms with Gasteiger partial charge in [0.25, 0.3) is 0 Å². The minimum absolute atomic E-state index is 0.0470. The van der Waals surface area contributed by atoms with Gasteiger partial charge >= 0.3 is 11.5 Å². The lowest BCUT2D eigenvalue weighted by Gasteiger charge is -2.34. The van der Waals surface area contributed by atoms with Crippen LogP contribution in [0.4, 0.5) is 0 Å². The van der Waals surface area contributed by atoms with E-state index in [2.05, 4.69) is 95.2 Å². The number of hydrogen-bond acceptors (Lipinski definition) is 3. The number of rotatable bonds is 4. The fraction of sp³-hybridized carbons (Fsp3) is 0.436. The van der Waals surface area contributed by atoms with Crippen molar-refractivity contribution < 1.29 is 14.3 Å². The molecule has 2 aromatic rings. The van der Waals surface area contributed by atoms with E-state index in [4.69, 9.17) is 4.42 Å². The molecule has 0 atom stereocenters. The summed E-state index contributed by atoms with van der Waals surface area (Å²) >= 11 is 1.80. The average molecular weight is 597 g/mol. The highest BCUT2D eigenvalue weighted by atomic mass is 32.2. The molecular weight excluding hydrogens is 548 g/mol. The van der Waals surface area contributed by atoms with Crippen molar-refractivity contribution in [3.05, 3.63) is 116 Å². The summed E-state index contributed by atoms with van der Waals surface area (Å²) in [7, 11) is 0. The van der Waals surface area contributed by atoms with Crippen LogP contribution >= 0.6 is 11.8 Å². The Labute approximate surface area is 263 Å². The van der Waals surface area contributed by atoms with Crippen LogP contribution in [-0.2, 0) is 22.0 Å². The fourth-order valence-corrected chi connectivity index (χ4v) is 6.12. The van der Waals surface area contributed by atoms with Gasteiger partial charge in [-0.1, -0.05) is 89.4 Å². The first kappa shape index (κ1) is 32.8. The number of thioether (sulfide) groups is 1. The second-order valence-electron chi connectivity index (χ2n) is 15.9. The first-order valence-corrected chi connectivity index (χ1v) is 16.0. The first-order valence-electron chi connectivity index (χ1n) is 15.2. The van der Waals surface area contributed by atoms with Crippen LogP contribution in [0, 0.1) is 10.8 Å². The monoisotopic (exact) mass is 596 g/mol. The van der Waals surface area contributed by atoms with Crippen LogP contribution in [0.25, 0.3) is 5.57 Å². The topological polar surface area (TPSA) is 51.4 Å². The van der Waals surface area contributed by atoms with Gasteiger partial charge in [0.15, 0.2) is 5.78 Å². The van der Waals surface area contributed by atoms with Gasteiger partial charge in [-0.15, -0.1) is 0 Å². The SMILES string of the molecule is CC(C)(C)C1=CC(=CC2=C([O-])C(=C(Cc3ccccc3)c3cc(C(C)(C)C)[o+]c(C(C)(C)C)c3)C2=O)C=C(C(C)(C)C)S1. The molecule has 1 aromatic heterocycles. The Bertz CT molecular complexity index is 1520. The molecule has 0 spiro atoms. The maximum atomic E-state index is 13.9. The third-order valence-electron chi connectivity index (χ3n) is 7.69. The molecule has 4 rings (SSSR count). The lowest BCUT2D eigenvalue weighted by Crippen LogP contribution is -2.31. The zero-order valence-electron chi connectivity index (χ0n) is 28.1. The van der Waals surface area contributed by atoms with E-state index < -0.39 is 0 Å². The van der Waals surface area contributed by atoms with E-state index in [1.807, 2.05) is 42.5 Å². The van der Waals surface area contributed by atoms with Gasteiger partial charge < -0.3 is 5.11 Å². The van der Waals surface area contributed by atoms with Gasteiger partial charge in [0.05, 0.1) is 10.8 Å². The van der Waals surface area contributed by atoms with E-state index in [-0.39, 0.29) is 44.3 Å². The molecule has 1 aliphatic carbocycles. The first-order chi connectivity index (χ1) is 19.7. The number of hydrogen-bond donors (Lipinski definition) is 0. The van der Waals surface area contributed by atoms with Gasteiger partial charge in [0, 0.05) is 23.3 Å². The molecule has 2 heterocycles. The predicted octanol–water partition coefficient (Wildman–Crippen LogP) is 9.88. The molecule has 4 heteroatoms. The van der Waals surface area contributed by atoms with E-state index >= 15 is 0 Å². The summed E-state index contributed by atoms with van der Waals surface area (Å²) in [5.74, 6) is 1.28. The van der Waals surface area contributed by atoms with Crippen molar-refractivity contribution in [2.24, 2.45) is 10.8 Å². The molecule has 43 heavy (non-hydrogen) atoms. The van der Waals surface area contributed by atoms with Crippen LogP contribution in [0.15, 0.2) is 97.4 Å². The summed E-state index contributed by atoms with van der Waals surface area (Å²) in [6.45, 7) is 25.9. The molecule has 0 N–H and O–H groups in total. The predicted molar refractivity (Wildman–Crippen MR) is 180 cm³/mol. The second-order valence-corrected chi connectivity index (χ2v) is 17.0. The minimum atomic E-state index is -0.249. The largest absolute Gasteiger partial charge is 0.871 e. The van der Waals surface area contributed by atoms with Crippen LogP contribution in [0.5, 0.6) is 0 Å². The van der Waals surface area contributed by atoms with E-state index in [1.54, 1.807) is 17.8 Å². The van der Waals surface area contributed by atoms with Gasteiger partial charge in [-0.05, 0) is 109 Å². The fourth-order valence-electron chi connectivity index (χ4n) is 4.88. The van der Waals surface area contributed by atoms with Crippen molar-refractivity contribution in [2.45, 2.75) is 100 Å². The van der Waals surface area contributed by atoms with Gasteiger partial charge in [-0.2, -0.15) is 0 Å². The molecular formula is C39H48O3S. The normalized spacial score (nSPS) is 17.9. The Balaban J connectivity index is 1.94. The molecule has 3 nitrogen and oxygen atoms in total. The maximum absolute atomic E-state index is 13.9. The van der Waals surface area contributed by atoms with Gasteiger partial charge in [0.1, 0.15) is 0 Å². The Kier molecular flexibility index (Phi) is 8.72. The number of carbonyl (C=O) groups is 1. The van der Waals surface area contributed by atoms with Gasteiger partial charge in [-0.3, -0.25) is 4.79 Å². The summed E-state index contributed by atoms with van der Waals surface area (Å²) < 4.78 is 6.41. The third kappa shape index (κ3) is 7.34. The highest BCUT2D eigenvalue weighted by molar-refractivity contribution is 8.06.